The Morgan fingerprint density at radius 1 is 1.64 bits per heavy atom. The number of hydrogen-bond donors (Lipinski definition) is 2. The molecule has 1 aromatic heterocycles. The maximum atomic E-state index is 5.63. The molecule has 3 nitrogen and oxygen atoms in total. The second-order valence-corrected chi connectivity index (χ2v) is 5.66. The zero-order chi connectivity index (χ0) is 9.97. The SMILES string of the molecule is CSC1CCCC1Nc1ncc(N)s1. The minimum Gasteiger partial charge on any atom is -0.389 e. The van der Waals surface area contributed by atoms with Crippen LogP contribution in [0.4, 0.5) is 10.1 Å². The third-order valence-corrected chi connectivity index (χ3v) is 4.52. The zero-order valence-electron chi connectivity index (χ0n) is 8.19. The van der Waals surface area contributed by atoms with Gasteiger partial charge in [-0.1, -0.05) is 17.8 Å². The number of aromatic nitrogens is 1. The summed E-state index contributed by atoms with van der Waals surface area (Å²) in [6.07, 6.45) is 7.80. The van der Waals surface area contributed by atoms with Crippen molar-refractivity contribution in [1.29, 1.82) is 0 Å². The first-order valence-electron chi connectivity index (χ1n) is 4.80. The Kier molecular flexibility index (Phi) is 3.18. The van der Waals surface area contributed by atoms with Gasteiger partial charge < -0.3 is 11.1 Å². The number of nitrogen functional groups attached to an aromatic ring is 1. The normalized spacial score (nSPS) is 26.6. The number of anilines is 2. The highest BCUT2D eigenvalue weighted by Gasteiger charge is 2.26. The van der Waals surface area contributed by atoms with Gasteiger partial charge in [0.25, 0.3) is 0 Å². The predicted octanol–water partition coefficient (Wildman–Crippen LogP) is 2.42. The molecule has 2 unspecified atom stereocenters. The van der Waals surface area contributed by atoms with E-state index in [2.05, 4.69) is 16.6 Å². The molecule has 0 amide bonds. The Balaban J connectivity index is 1.96. The van der Waals surface area contributed by atoms with Crippen LogP contribution in [-0.4, -0.2) is 22.5 Å². The summed E-state index contributed by atoms with van der Waals surface area (Å²) in [5.74, 6) is 0. The molecule has 0 aromatic carbocycles. The molecule has 2 rings (SSSR count). The molecule has 1 heterocycles. The van der Waals surface area contributed by atoms with E-state index in [1.54, 1.807) is 6.20 Å². The minimum absolute atomic E-state index is 0.579. The molecule has 0 bridgehead atoms. The van der Waals surface area contributed by atoms with Gasteiger partial charge in [0, 0.05) is 11.3 Å². The van der Waals surface area contributed by atoms with Crippen molar-refractivity contribution in [2.45, 2.75) is 30.6 Å². The van der Waals surface area contributed by atoms with Gasteiger partial charge in [0.15, 0.2) is 5.13 Å². The van der Waals surface area contributed by atoms with Crippen LogP contribution in [0.15, 0.2) is 6.20 Å². The first-order valence-corrected chi connectivity index (χ1v) is 6.90. The maximum Gasteiger partial charge on any atom is 0.184 e. The molecule has 78 valence electrons. The first kappa shape index (κ1) is 10.1. The lowest BCUT2D eigenvalue weighted by atomic mass is 10.2. The van der Waals surface area contributed by atoms with Crippen LogP contribution in [0.25, 0.3) is 0 Å². The van der Waals surface area contributed by atoms with Gasteiger partial charge in [0.2, 0.25) is 0 Å². The van der Waals surface area contributed by atoms with Crippen LogP contribution in [0.5, 0.6) is 0 Å². The van der Waals surface area contributed by atoms with Gasteiger partial charge in [-0.2, -0.15) is 11.8 Å². The molecule has 0 radical (unpaired) electrons. The number of nitrogens with one attached hydrogen (secondary N) is 1. The second kappa shape index (κ2) is 4.40. The van der Waals surface area contributed by atoms with Crippen molar-refractivity contribution in [1.82, 2.24) is 4.98 Å². The van der Waals surface area contributed by atoms with Crippen LogP contribution in [0.2, 0.25) is 0 Å². The van der Waals surface area contributed by atoms with Crippen molar-refractivity contribution < 1.29 is 0 Å². The van der Waals surface area contributed by atoms with Gasteiger partial charge in [-0.25, -0.2) is 4.98 Å². The van der Waals surface area contributed by atoms with Crippen LogP contribution < -0.4 is 11.1 Å². The van der Waals surface area contributed by atoms with E-state index in [1.807, 2.05) is 11.8 Å². The van der Waals surface area contributed by atoms with Crippen LogP contribution in [0, 0.1) is 0 Å². The van der Waals surface area contributed by atoms with Crippen molar-refractivity contribution in [3.05, 3.63) is 6.20 Å². The lowest BCUT2D eigenvalue weighted by Crippen LogP contribution is -2.25. The summed E-state index contributed by atoms with van der Waals surface area (Å²) < 4.78 is 0. The van der Waals surface area contributed by atoms with E-state index < -0.39 is 0 Å². The standard InChI is InChI=1S/C9H15N3S2/c1-13-7-4-2-3-6(7)12-9-11-5-8(10)14-9/h5-7H,2-4,10H2,1H3,(H,11,12). The number of nitrogens with zero attached hydrogens (tertiary/aromatic N) is 1. The second-order valence-electron chi connectivity index (χ2n) is 3.52. The average Bonchev–Trinajstić information content (AvgIpc) is 2.76. The smallest absolute Gasteiger partial charge is 0.184 e. The fraction of sp³-hybridized carbons (Fsp3) is 0.667. The minimum atomic E-state index is 0.579. The average molecular weight is 229 g/mol. The Hall–Kier alpha value is -0.420. The molecule has 3 N–H and O–H groups in total. The van der Waals surface area contributed by atoms with Gasteiger partial charge in [0.1, 0.15) is 5.00 Å². The molecular formula is C9H15N3S2. The highest BCUT2D eigenvalue weighted by Crippen LogP contribution is 2.32. The first-order chi connectivity index (χ1) is 6.79. The van der Waals surface area contributed by atoms with Crippen LogP contribution in [0.3, 0.4) is 0 Å². The third kappa shape index (κ3) is 2.15. The fourth-order valence-corrected chi connectivity index (χ4v) is 3.46. The summed E-state index contributed by atoms with van der Waals surface area (Å²) in [6.45, 7) is 0. The van der Waals surface area contributed by atoms with Crippen molar-refractivity contribution in [3.8, 4) is 0 Å². The number of thioether (sulfide) groups is 1. The molecule has 0 saturated heterocycles. The molecule has 5 heteroatoms. The summed E-state index contributed by atoms with van der Waals surface area (Å²) in [4.78, 5) is 4.22. The Morgan fingerprint density at radius 3 is 3.14 bits per heavy atom. The quantitative estimate of drug-likeness (QED) is 0.836. The van der Waals surface area contributed by atoms with Gasteiger partial charge in [-0.05, 0) is 19.1 Å². The van der Waals surface area contributed by atoms with E-state index in [4.69, 9.17) is 5.73 Å². The van der Waals surface area contributed by atoms with E-state index in [0.29, 0.717) is 6.04 Å². The van der Waals surface area contributed by atoms with Gasteiger partial charge in [0.05, 0.1) is 6.20 Å². The van der Waals surface area contributed by atoms with E-state index in [0.717, 1.165) is 15.4 Å². The van der Waals surface area contributed by atoms with E-state index in [9.17, 15) is 0 Å². The molecule has 1 fully saturated rings. The van der Waals surface area contributed by atoms with E-state index in [1.165, 1.54) is 30.6 Å². The Morgan fingerprint density at radius 2 is 2.50 bits per heavy atom. The molecule has 14 heavy (non-hydrogen) atoms. The monoisotopic (exact) mass is 229 g/mol. The molecule has 2 atom stereocenters. The molecule has 1 saturated carbocycles. The third-order valence-electron chi connectivity index (χ3n) is 2.59. The van der Waals surface area contributed by atoms with E-state index >= 15 is 0 Å². The Bertz CT molecular complexity index is 300. The zero-order valence-corrected chi connectivity index (χ0v) is 9.83. The number of rotatable bonds is 3. The highest BCUT2D eigenvalue weighted by atomic mass is 32.2. The van der Waals surface area contributed by atoms with Gasteiger partial charge in [-0.15, -0.1) is 0 Å². The maximum absolute atomic E-state index is 5.63. The summed E-state index contributed by atoms with van der Waals surface area (Å²) in [7, 11) is 0. The van der Waals surface area contributed by atoms with Crippen molar-refractivity contribution >= 4 is 33.2 Å². The molecule has 0 spiro atoms. The van der Waals surface area contributed by atoms with Gasteiger partial charge >= 0.3 is 0 Å². The highest BCUT2D eigenvalue weighted by molar-refractivity contribution is 7.99. The summed E-state index contributed by atoms with van der Waals surface area (Å²) in [5.41, 5.74) is 5.63. The molecule has 0 aliphatic heterocycles. The number of hydrogen-bond acceptors (Lipinski definition) is 5. The summed E-state index contributed by atoms with van der Waals surface area (Å²) >= 11 is 3.48. The topological polar surface area (TPSA) is 50.9 Å². The number of thiazole rings is 1. The van der Waals surface area contributed by atoms with Crippen molar-refractivity contribution in [3.63, 3.8) is 0 Å². The van der Waals surface area contributed by atoms with Gasteiger partial charge in [-0.3, -0.25) is 0 Å². The molecule has 1 aliphatic carbocycles. The number of nitrogens with two attached hydrogens (primary N) is 1. The lowest BCUT2D eigenvalue weighted by molar-refractivity contribution is 0.767. The van der Waals surface area contributed by atoms with Crippen LogP contribution >= 0.6 is 23.1 Å². The van der Waals surface area contributed by atoms with E-state index in [-0.39, 0.29) is 0 Å². The largest absolute Gasteiger partial charge is 0.389 e. The molecule has 1 aliphatic rings. The van der Waals surface area contributed by atoms with Crippen molar-refractivity contribution in [2.75, 3.05) is 17.3 Å². The predicted molar refractivity (Wildman–Crippen MR) is 65.1 cm³/mol. The molecular weight excluding hydrogens is 214 g/mol. The fourth-order valence-electron chi connectivity index (χ4n) is 1.89. The molecule has 1 aromatic rings. The Labute approximate surface area is 92.5 Å². The summed E-state index contributed by atoms with van der Waals surface area (Å²) in [5, 5.41) is 5.96. The van der Waals surface area contributed by atoms with Crippen LogP contribution in [-0.2, 0) is 0 Å². The summed E-state index contributed by atoms with van der Waals surface area (Å²) in [6, 6.07) is 0.579. The van der Waals surface area contributed by atoms with Crippen LogP contribution in [0.1, 0.15) is 19.3 Å². The van der Waals surface area contributed by atoms with Crippen molar-refractivity contribution in [2.24, 2.45) is 0 Å². The lowest BCUT2D eigenvalue weighted by Gasteiger charge is -2.18.